The van der Waals surface area contributed by atoms with Crippen molar-refractivity contribution in [3.63, 3.8) is 0 Å². The quantitative estimate of drug-likeness (QED) is 0.720. The predicted molar refractivity (Wildman–Crippen MR) is 99.9 cm³/mol. The first kappa shape index (κ1) is 20.3. The molecule has 4 unspecified atom stereocenters. The second kappa shape index (κ2) is 6.85. The Bertz CT molecular complexity index is 948. The molecule has 0 spiro atoms. The number of nitriles is 3. The van der Waals surface area contributed by atoms with Crippen LogP contribution in [0.25, 0.3) is 0 Å². The number of hydrogen-bond acceptors (Lipinski definition) is 6. The Morgan fingerprint density at radius 1 is 1.21 bits per heavy atom. The summed E-state index contributed by atoms with van der Waals surface area (Å²) in [6, 6.07) is 10.1. The molecule has 0 aliphatic carbocycles. The normalized spacial score (nSPS) is 32.7. The molecular weight excluding hydrogens is 427 g/mol. The van der Waals surface area contributed by atoms with Crippen LogP contribution < -0.4 is 0 Å². The maximum atomic E-state index is 14.8. The fourth-order valence-electron chi connectivity index (χ4n) is 4.66. The van der Waals surface area contributed by atoms with E-state index in [1.807, 2.05) is 19.1 Å². The summed E-state index contributed by atoms with van der Waals surface area (Å²) in [7, 11) is 0. The number of benzene rings is 1. The molecular formula is C20H18BrFN4O2. The average Bonchev–Trinajstić information content (AvgIpc) is 2.86. The molecule has 3 rings (SSSR count). The fourth-order valence-corrected chi connectivity index (χ4v) is 5.00. The number of nitrogens with one attached hydrogen (secondary N) is 1. The van der Waals surface area contributed by atoms with Gasteiger partial charge in [-0.2, -0.15) is 15.8 Å². The van der Waals surface area contributed by atoms with E-state index in [1.165, 1.54) is 12.1 Å². The standard InChI is InChI=1S/C20H18BrFN4O2/c1-3-7-20-15(4-2)19(11-25,17(26)28-20)18(9-23,10-24)16(27-20)13-6-5-12(21)8-14(13)22/h5-6,8,15-16,26H,3-4,7H2,1-2H3. The molecule has 4 atom stereocenters. The molecule has 1 aromatic rings. The predicted octanol–water partition coefficient (Wildman–Crippen LogP) is 4.73. The van der Waals surface area contributed by atoms with Crippen molar-refractivity contribution in [3.8, 4) is 18.2 Å². The highest BCUT2D eigenvalue weighted by atomic mass is 79.9. The van der Waals surface area contributed by atoms with Crippen LogP contribution in [0.1, 0.15) is 44.8 Å². The number of nitrogens with zero attached hydrogens (tertiary/aromatic N) is 3. The highest BCUT2D eigenvalue weighted by Crippen LogP contribution is 2.68. The van der Waals surface area contributed by atoms with E-state index in [4.69, 9.17) is 14.9 Å². The van der Waals surface area contributed by atoms with Gasteiger partial charge in [-0.3, -0.25) is 5.41 Å². The van der Waals surface area contributed by atoms with Crippen molar-refractivity contribution in [1.82, 2.24) is 0 Å². The summed E-state index contributed by atoms with van der Waals surface area (Å²) in [6.45, 7) is 3.70. The zero-order chi connectivity index (χ0) is 20.7. The number of rotatable bonds is 4. The van der Waals surface area contributed by atoms with E-state index >= 15 is 0 Å². The highest BCUT2D eigenvalue weighted by molar-refractivity contribution is 9.10. The van der Waals surface area contributed by atoms with Gasteiger partial charge in [0.05, 0.1) is 24.1 Å². The van der Waals surface area contributed by atoms with Gasteiger partial charge in [-0.25, -0.2) is 4.39 Å². The summed E-state index contributed by atoms with van der Waals surface area (Å²) in [5.74, 6) is -3.20. The van der Waals surface area contributed by atoms with Crippen LogP contribution in [-0.2, 0) is 9.47 Å². The Balaban J connectivity index is 2.37. The molecule has 2 heterocycles. The molecule has 1 aromatic carbocycles. The van der Waals surface area contributed by atoms with Gasteiger partial charge in [0.15, 0.2) is 5.41 Å². The third kappa shape index (κ3) is 2.27. The van der Waals surface area contributed by atoms with Crippen molar-refractivity contribution in [2.24, 2.45) is 16.7 Å². The van der Waals surface area contributed by atoms with Crippen LogP contribution in [0.15, 0.2) is 22.7 Å². The first-order valence-corrected chi connectivity index (χ1v) is 9.76. The summed E-state index contributed by atoms with van der Waals surface area (Å²) < 4.78 is 27.3. The molecule has 0 saturated carbocycles. The van der Waals surface area contributed by atoms with Crippen LogP contribution in [-0.4, -0.2) is 11.7 Å². The monoisotopic (exact) mass is 444 g/mol. The van der Waals surface area contributed by atoms with Gasteiger partial charge < -0.3 is 9.47 Å². The Morgan fingerprint density at radius 3 is 2.39 bits per heavy atom. The van der Waals surface area contributed by atoms with Crippen molar-refractivity contribution in [1.29, 1.82) is 21.2 Å². The second-order valence-corrected chi connectivity index (χ2v) is 7.98. The first-order chi connectivity index (χ1) is 13.3. The van der Waals surface area contributed by atoms with Crippen LogP contribution in [0, 0.1) is 62.0 Å². The lowest BCUT2D eigenvalue weighted by Crippen LogP contribution is -2.59. The van der Waals surface area contributed by atoms with Gasteiger partial charge in [0.2, 0.25) is 17.1 Å². The molecule has 8 heteroatoms. The number of hydrogen-bond donors (Lipinski definition) is 1. The molecule has 2 saturated heterocycles. The van der Waals surface area contributed by atoms with Gasteiger partial charge in [-0.05, 0) is 25.0 Å². The number of halogens is 2. The van der Waals surface area contributed by atoms with Crippen molar-refractivity contribution in [2.75, 3.05) is 0 Å². The maximum Gasteiger partial charge on any atom is 0.217 e. The lowest BCUT2D eigenvalue weighted by molar-refractivity contribution is -0.287. The zero-order valence-electron chi connectivity index (χ0n) is 15.4. The second-order valence-electron chi connectivity index (χ2n) is 7.07. The van der Waals surface area contributed by atoms with Crippen LogP contribution in [0.3, 0.4) is 0 Å². The SMILES string of the molecule is CCCC12OC(=N)C(C#N)(C1CC)C(C#N)(C#N)C(c1ccc(Br)cc1F)O2. The highest BCUT2D eigenvalue weighted by Gasteiger charge is 2.79. The fraction of sp³-hybridized carbons (Fsp3) is 0.500. The summed E-state index contributed by atoms with van der Waals surface area (Å²) in [5, 5.41) is 38.8. The zero-order valence-corrected chi connectivity index (χ0v) is 17.0. The number of fused-ring (bicyclic) bond motifs is 2. The molecule has 1 N–H and O–H groups in total. The molecule has 2 aliphatic rings. The molecule has 2 aliphatic heterocycles. The molecule has 0 amide bonds. The molecule has 0 radical (unpaired) electrons. The van der Waals surface area contributed by atoms with E-state index in [9.17, 15) is 20.2 Å². The molecule has 2 bridgehead atoms. The van der Waals surface area contributed by atoms with Gasteiger partial charge in [-0.15, -0.1) is 0 Å². The first-order valence-electron chi connectivity index (χ1n) is 8.97. The topological polar surface area (TPSA) is 114 Å². The average molecular weight is 445 g/mol. The van der Waals surface area contributed by atoms with Gasteiger partial charge in [0.1, 0.15) is 11.9 Å². The summed E-state index contributed by atoms with van der Waals surface area (Å²) in [6.07, 6.45) is -0.0601. The van der Waals surface area contributed by atoms with Crippen LogP contribution >= 0.6 is 15.9 Å². The van der Waals surface area contributed by atoms with Crippen LogP contribution in [0.4, 0.5) is 4.39 Å². The van der Waals surface area contributed by atoms with Crippen molar-refractivity contribution < 1.29 is 13.9 Å². The minimum atomic E-state index is -2.14. The van der Waals surface area contributed by atoms with E-state index in [1.54, 1.807) is 13.0 Å². The van der Waals surface area contributed by atoms with E-state index in [0.29, 0.717) is 23.7 Å². The largest absolute Gasteiger partial charge is 0.447 e. The van der Waals surface area contributed by atoms with Gasteiger partial charge in [0, 0.05) is 16.5 Å². The van der Waals surface area contributed by atoms with E-state index in [0.717, 1.165) is 0 Å². The van der Waals surface area contributed by atoms with Gasteiger partial charge >= 0.3 is 0 Å². The van der Waals surface area contributed by atoms with Crippen molar-refractivity contribution >= 4 is 21.8 Å². The van der Waals surface area contributed by atoms with Crippen LogP contribution in [0.5, 0.6) is 0 Å². The van der Waals surface area contributed by atoms with Crippen molar-refractivity contribution in [3.05, 3.63) is 34.1 Å². The number of ether oxygens (including phenoxy) is 2. The molecule has 144 valence electrons. The van der Waals surface area contributed by atoms with E-state index < -0.39 is 40.4 Å². The van der Waals surface area contributed by atoms with Gasteiger partial charge in [-0.1, -0.05) is 35.8 Å². The lowest BCUT2D eigenvalue weighted by atomic mass is 9.52. The molecule has 6 nitrogen and oxygen atoms in total. The molecule has 0 aromatic heterocycles. The van der Waals surface area contributed by atoms with Crippen molar-refractivity contribution in [2.45, 2.75) is 45.0 Å². The Hall–Kier alpha value is -2.47. The molecule has 28 heavy (non-hydrogen) atoms. The Labute approximate surface area is 171 Å². The summed E-state index contributed by atoms with van der Waals surface area (Å²) in [5.41, 5.74) is -4.01. The smallest absolute Gasteiger partial charge is 0.217 e. The van der Waals surface area contributed by atoms with Gasteiger partial charge in [0.25, 0.3) is 0 Å². The Morgan fingerprint density at radius 2 is 1.89 bits per heavy atom. The summed E-state index contributed by atoms with van der Waals surface area (Å²) in [4.78, 5) is 0. The van der Waals surface area contributed by atoms with E-state index in [-0.39, 0.29) is 5.56 Å². The minimum Gasteiger partial charge on any atom is -0.447 e. The Kier molecular flexibility index (Phi) is 4.96. The maximum absolute atomic E-state index is 14.8. The third-order valence-corrected chi connectivity index (χ3v) is 6.29. The summed E-state index contributed by atoms with van der Waals surface area (Å²) >= 11 is 3.19. The van der Waals surface area contributed by atoms with Crippen LogP contribution in [0.2, 0.25) is 0 Å². The van der Waals surface area contributed by atoms with E-state index in [2.05, 4.69) is 22.0 Å². The lowest BCUT2D eigenvalue weighted by Gasteiger charge is -2.49. The third-order valence-electron chi connectivity index (χ3n) is 5.80. The minimum absolute atomic E-state index is 0.0146. The molecule has 2 fully saturated rings.